The fourth-order valence-electron chi connectivity index (χ4n) is 2.86. The van der Waals surface area contributed by atoms with Crippen molar-refractivity contribution >= 4 is 23.5 Å². The van der Waals surface area contributed by atoms with E-state index in [1.165, 1.54) is 0 Å². The fraction of sp³-hybridized carbons (Fsp3) is 0.550. The summed E-state index contributed by atoms with van der Waals surface area (Å²) < 4.78 is 10.6. The Kier molecular flexibility index (Phi) is 8.25. The zero-order valence-electron chi connectivity index (χ0n) is 16.7. The highest BCUT2D eigenvalue weighted by Crippen LogP contribution is 2.18. The number of nitrogens with zero attached hydrogens (tertiary/aromatic N) is 1. The number of rotatable bonds is 9. The number of nitrogens with one attached hydrogen (secondary N) is 2. The molecular formula is C20H29N3O5. The highest BCUT2D eigenvalue weighted by molar-refractivity contribution is 5.93. The summed E-state index contributed by atoms with van der Waals surface area (Å²) in [5.74, 6) is -0.0738. The SMILES string of the molecule is CCOc1cccc(NC(=O)CN2CCNC(=O)C2CC(=O)OCC(C)C)c1. The van der Waals surface area contributed by atoms with Crippen LogP contribution in [0, 0.1) is 5.92 Å². The fourth-order valence-corrected chi connectivity index (χ4v) is 2.86. The molecule has 2 amide bonds. The highest BCUT2D eigenvalue weighted by atomic mass is 16.5. The Bertz CT molecular complexity index is 692. The van der Waals surface area contributed by atoms with Crippen LogP contribution < -0.4 is 15.4 Å². The van der Waals surface area contributed by atoms with Gasteiger partial charge in [-0.1, -0.05) is 19.9 Å². The average molecular weight is 391 g/mol. The minimum atomic E-state index is -0.714. The maximum Gasteiger partial charge on any atom is 0.307 e. The van der Waals surface area contributed by atoms with Crippen LogP contribution >= 0.6 is 0 Å². The molecule has 1 unspecified atom stereocenters. The van der Waals surface area contributed by atoms with Gasteiger partial charge in [-0.05, 0) is 25.0 Å². The van der Waals surface area contributed by atoms with Gasteiger partial charge in [0.15, 0.2) is 0 Å². The molecule has 0 aromatic heterocycles. The molecule has 8 nitrogen and oxygen atoms in total. The normalized spacial score (nSPS) is 17.1. The number of carbonyl (C=O) groups is 3. The lowest BCUT2D eigenvalue weighted by molar-refractivity contribution is -0.149. The van der Waals surface area contributed by atoms with Crippen molar-refractivity contribution in [2.24, 2.45) is 5.92 Å². The first-order valence-corrected chi connectivity index (χ1v) is 9.59. The lowest BCUT2D eigenvalue weighted by atomic mass is 10.1. The van der Waals surface area contributed by atoms with Crippen molar-refractivity contribution in [1.82, 2.24) is 10.2 Å². The van der Waals surface area contributed by atoms with Crippen LogP contribution in [0.2, 0.25) is 0 Å². The Balaban J connectivity index is 1.95. The lowest BCUT2D eigenvalue weighted by Gasteiger charge is -2.33. The van der Waals surface area contributed by atoms with E-state index in [0.29, 0.717) is 37.7 Å². The first kappa shape index (κ1) is 21.7. The molecular weight excluding hydrogens is 362 g/mol. The van der Waals surface area contributed by atoms with E-state index in [1.54, 1.807) is 23.1 Å². The maximum absolute atomic E-state index is 12.5. The zero-order valence-corrected chi connectivity index (χ0v) is 16.7. The third-order valence-corrected chi connectivity index (χ3v) is 4.15. The quantitative estimate of drug-likeness (QED) is 0.618. The van der Waals surface area contributed by atoms with Gasteiger partial charge >= 0.3 is 5.97 Å². The largest absolute Gasteiger partial charge is 0.494 e. The molecule has 0 saturated carbocycles. The molecule has 1 aliphatic heterocycles. The Hall–Kier alpha value is -2.61. The highest BCUT2D eigenvalue weighted by Gasteiger charge is 2.33. The molecule has 1 fully saturated rings. The molecule has 1 aromatic rings. The number of hydrogen-bond donors (Lipinski definition) is 2. The molecule has 8 heteroatoms. The molecule has 1 aromatic carbocycles. The van der Waals surface area contributed by atoms with Crippen LogP contribution in [0.15, 0.2) is 24.3 Å². The van der Waals surface area contributed by atoms with E-state index in [2.05, 4.69) is 10.6 Å². The van der Waals surface area contributed by atoms with Gasteiger partial charge in [-0.15, -0.1) is 0 Å². The van der Waals surface area contributed by atoms with Crippen molar-refractivity contribution in [2.75, 3.05) is 38.2 Å². The van der Waals surface area contributed by atoms with Gasteiger partial charge in [-0.2, -0.15) is 0 Å². The van der Waals surface area contributed by atoms with Crippen LogP contribution in [-0.4, -0.2) is 61.6 Å². The summed E-state index contributed by atoms with van der Waals surface area (Å²) in [5.41, 5.74) is 0.616. The van der Waals surface area contributed by atoms with Gasteiger partial charge in [0, 0.05) is 24.8 Å². The standard InChI is InChI=1S/C20H29N3O5/c1-4-27-16-7-5-6-15(10-16)22-18(24)12-23-9-8-21-20(26)17(23)11-19(25)28-13-14(2)3/h5-7,10,14,17H,4,8-9,11-13H2,1-3H3,(H,21,26)(H,22,24). The summed E-state index contributed by atoms with van der Waals surface area (Å²) >= 11 is 0. The predicted molar refractivity (Wildman–Crippen MR) is 105 cm³/mol. The van der Waals surface area contributed by atoms with Crippen molar-refractivity contribution in [3.8, 4) is 5.75 Å². The number of piperazine rings is 1. The van der Waals surface area contributed by atoms with Crippen LogP contribution in [0.25, 0.3) is 0 Å². The molecule has 28 heavy (non-hydrogen) atoms. The number of amides is 2. The monoisotopic (exact) mass is 391 g/mol. The van der Waals surface area contributed by atoms with E-state index in [0.717, 1.165) is 0 Å². The van der Waals surface area contributed by atoms with Gasteiger partial charge in [-0.3, -0.25) is 19.3 Å². The van der Waals surface area contributed by atoms with Crippen molar-refractivity contribution in [3.63, 3.8) is 0 Å². The molecule has 1 heterocycles. The number of ether oxygens (including phenoxy) is 2. The second kappa shape index (κ2) is 10.7. The van der Waals surface area contributed by atoms with E-state index in [4.69, 9.17) is 9.47 Å². The molecule has 154 valence electrons. The van der Waals surface area contributed by atoms with Gasteiger partial charge in [0.1, 0.15) is 11.8 Å². The average Bonchev–Trinajstić information content (AvgIpc) is 2.63. The summed E-state index contributed by atoms with van der Waals surface area (Å²) in [7, 11) is 0. The summed E-state index contributed by atoms with van der Waals surface area (Å²) in [4.78, 5) is 38.4. The lowest BCUT2D eigenvalue weighted by Crippen LogP contribution is -2.57. The molecule has 2 rings (SSSR count). The minimum Gasteiger partial charge on any atom is -0.494 e. The van der Waals surface area contributed by atoms with E-state index < -0.39 is 12.0 Å². The van der Waals surface area contributed by atoms with Gasteiger partial charge < -0.3 is 20.1 Å². The predicted octanol–water partition coefficient (Wildman–Crippen LogP) is 1.41. The zero-order chi connectivity index (χ0) is 20.5. The van der Waals surface area contributed by atoms with Gasteiger partial charge in [0.25, 0.3) is 0 Å². The van der Waals surface area contributed by atoms with Crippen molar-refractivity contribution in [1.29, 1.82) is 0 Å². The first-order chi connectivity index (χ1) is 13.4. The molecule has 0 bridgehead atoms. The van der Waals surface area contributed by atoms with Crippen LogP contribution in [0.5, 0.6) is 5.75 Å². The Morgan fingerprint density at radius 3 is 2.86 bits per heavy atom. The number of hydrogen-bond acceptors (Lipinski definition) is 6. The first-order valence-electron chi connectivity index (χ1n) is 9.59. The van der Waals surface area contributed by atoms with Crippen molar-refractivity contribution in [3.05, 3.63) is 24.3 Å². The third kappa shape index (κ3) is 6.84. The van der Waals surface area contributed by atoms with Crippen LogP contribution in [0.4, 0.5) is 5.69 Å². The summed E-state index contributed by atoms with van der Waals surface area (Å²) in [5, 5.41) is 5.55. The Morgan fingerprint density at radius 2 is 2.14 bits per heavy atom. The van der Waals surface area contributed by atoms with Crippen LogP contribution in [0.1, 0.15) is 27.2 Å². The van der Waals surface area contributed by atoms with Gasteiger partial charge in [-0.25, -0.2) is 0 Å². The molecule has 0 radical (unpaired) electrons. The van der Waals surface area contributed by atoms with Gasteiger partial charge in [0.2, 0.25) is 11.8 Å². The third-order valence-electron chi connectivity index (χ3n) is 4.15. The van der Waals surface area contributed by atoms with Crippen LogP contribution in [-0.2, 0) is 19.1 Å². The number of esters is 1. The van der Waals surface area contributed by atoms with E-state index >= 15 is 0 Å². The summed E-state index contributed by atoms with van der Waals surface area (Å²) in [6.07, 6.45) is -0.0777. The molecule has 1 aliphatic rings. The van der Waals surface area contributed by atoms with E-state index in [9.17, 15) is 14.4 Å². The number of benzene rings is 1. The minimum absolute atomic E-state index is 0.00834. The second-order valence-electron chi connectivity index (χ2n) is 7.07. The summed E-state index contributed by atoms with van der Waals surface area (Å²) in [6.45, 7) is 7.55. The maximum atomic E-state index is 12.5. The molecule has 1 saturated heterocycles. The summed E-state index contributed by atoms with van der Waals surface area (Å²) in [6, 6.07) is 6.40. The number of carbonyl (C=O) groups excluding carboxylic acids is 3. The topological polar surface area (TPSA) is 97.0 Å². The second-order valence-corrected chi connectivity index (χ2v) is 7.07. The smallest absolute Gasteiger partial charge is 0.307 e. The molecule has 0 aliphatic carbocycles. The van der Waals surface area contributed by atoms with Crippen molar-refractivity contribution < 1.29 is 23.9 Å². The van der Waals surface area contributed by atoms with Crippen LogP contribution in [0.3, 0.4) is 0 Å². The molecule has 0 spiro atoms. The Morgan fingerprint density at radius 1 is 1.36 bits per heavy atom. The Labute approximate surface area is 165 Å². The number of anilines is 1. The van der Waals surface area contributed by atoms with E-state index in [-0.39, 0.29) is 30.7 Å². The van der Waals surface area contributed by atoms with Gasteiger partial charge in [0.05, 0.1) is 26.2 Å². The molecule has 2 N–H and O–H groups in total. The molecule has 1 atom stereocenters. The van der Waals surface area contributed by atoms with Crippen molar-refractivity contribution in [2.45, 2.75) is 33.2 Å². The van der Waals surface area contributed by atoms with E-state index in [1.807, 2.05) is 26.8 Å².